The van der Waals surface area contributed by atoms with Crippen LogP contribution in [0.1, 0.15) is 17.1 Å². The maximum Gasteiger partial charge on any atom is 0.309 e. The standard InChI is InChI=1S/C10H14N2O3/c1-6-4-8(7(2)15-6)5-12-10(14)9(13)11-3/h4H,5H2,1-3H3,(H,11,13)(H,12,14). The minimum absolute atomic E-state index is 0.301. The highest BCUT2D eigenvalue weighted by molar-refractivity contribution is 6.34. The molecular weight excluding hydrogens is 196 g/mol. The first kappa shape index (κ1) is 11.3. The average Bonchev–Trinajstić information content (AvgIpc) is 2.52. The molecule has 0 radical (unpaired) electrons. The molecule has 0 fully saturated rings. The van der Waals surface area contributed by atoms with Gasteiger partial charge in [-0.3, -0.25) is 9.59 Å². The zero-order chi connectivity index (χ0) is 11.4. The average molecular weight is 210 g/mol. The normalized spacial score (nSPS) is 9.80. The number of aryl methyl sites for hydroxylation is 2. The zero-order valence-corrected chi connectivity index (χ0v) is 9.01. The maximum atomic E-state index is 11.1. The quantitative estimate of drug-likeness (QED) is 0.688. The van der Waals surface area contributed by atoms with Crippen LogP contribution in [0.4, 0.5) is 0 Å². The van der Waals surface area contributed by atoms with E-state index in [9.17, 15) is 9.59 Å². The van der Waals surface area contributed by atoms with E-state index in [1.54, 1.807) is 0 Å². The van der Waals surface area contributed by atoms with E-state index in [1.165, 1.54) is 7.05 Å². The number of amides is 2. The molecule has 0 bridgehead atoms. The first-order chi connectivity index (χ1) is 7.04. The lowest BCUT2D eigenvalue weighted by molar-refractivity contribution is -0.139. The Kier molecular flexibility index (Phi) is 3.49. The third-order valence-corrected chi connectivity index (χ3v) is 2.02. The van der Waals surface area contributed by atoms with Gasteiger partial charge in [-0.2, -0.15) is 0 Å². The molecule has 0 saturated carbocycles. The summed E-state index contributed by atoms with van der Waals surface area (Å²) in [5.41, 5.74) is 0.879. The fourth-order valence-corrected chi connectivity index (χ4v) is 1.23. The van der Waals surface area contributed by atoms with E-state index < -0.39 is 11.8 Å². The molecule has 1 aromatic rings. The molecule has 82 valence electrons. The van der Waals surface area contributed by atoms with E-state index in [-0.39, 0.29) is 0 Å². The molecule has 1 aromatic heterocycles. The summed E-state index contributed by atoms with van der Waals surface area (Å²) in [6.45, 7) is 3.95. The second-order valence-corrected chi connectivity index (χ2v) is 3.20. The fraction of sp³-hybridized carbons (Fsp3) is 0.400. The molecule has 2 N–H and O–H groups in total. The molecule has 0 atom stereocenters. The number of nitrogens with one attached hydrogen (secondary N) is 2. The molecule has 0 spiro atoms. The van der Waals surface area contributed by atoms with Crippen molar-refractivity contribution >= 4 is 11.8 Å². The smallest absolute Gasteiger partial charge is 0.309 e. The molecule has 0 aromatic carbocycles. The van der Waals surface area contributed by atoms with Crippen molar-refractivity contribution in [1.82, 2.24) is 10.6 Å². The van der Waals surface area contributed by atoms with Crippen LogP contribution in [0.25, 0.3) is 0 Å². The zero-order valence-electron chi connectivity index (χ0n) is 9.01. The van der Waals surface area contributed by atoms with Gasteiger partial charge in [0.2, 0.25) is 0 Å². The Morgan fingerprint density at radius 3 is 2.47 bits per heavy atom. The summed E-state index contributed by atoms with van der Waals surface area (Å²) in [7, 11) is 1.41. The predicted molar refractivity (Wildman–Crippen MR) is 54.1 cm³/mol. The molecule has 15 heavy (non-hydrogen) atoms. The molecule has 1 heterocycles. The minimum Gasteiger partial charge on any atom is -0.466 e. The van der Waals surface area contributed by atoms with E-state index in [0.717, 1.165) is 17.1 Å². The Hall–Kier alpha value is -1.78. The Morgan fingerprint density at radius 1 is 1.33 bits per heavy atom. The van der Waals surface area contributed by atoms with Gasteiger partial charge in [0.05, 0.1) is 0 Å². The van der Waals surface area contributed by atoms with Crippen LogP contribution < -0.4 is 10.6 Å². The summed E-state index contributed by atoms with van der Waals surface area (Å²) in [6.07, 6.45) is 0. The van der Waals surface area contributed by atoms with Gasteiger partial charge in [0.25, 0.3) is 0 Å². The van der Waals surface area contributed by atoms with Gasteiger partial charge in [-0.25, -0.2) is 0 Å². The van der Waals surface area contributed by atoms with Crippen molar-refractivity contribution < 1.29 is 14.0 Å². The summed E-state index contributed by atoms with van der Waals surface area (Å²) in [4.78, 5) is 22.0. The number of likely N-dealkylation sites (N-methyl/N-ethyl adjacent to an activating group) is 1. The van der Waals surface area contributed by atoms with Crippen molar-refractivity contribution in [3.05, 3.63) is 23.2 Å². The predicted octanol–water partition coefficient (Wildman–Crippen LogP) is 0.259. The monoisotopic (exact) mass is 210 g/mol. The molecule has 0 saturated heterocycles. The van der Waals surface area contributed by atoms with E-state index in [2.05, 4.69) is 10.6 Å². The molecular formula is C10H14N2O3. The summed E-state index contributed by atoms with van der Waals surface area (Å²) in [5, 5.41) is 4.74. The topological polar surface area (TPSA) is 71.3 Å². The highest BCUT2D eigenvalue weighted by atomic mass is 16.3. The molecule has 5 nitrogen and oxygen atoms in total. The van der Waals surface area contributed by atoms with E-state index in [0.29, 0.717) is 6.54 Å². The maximum absolute atomic E-state index is 11.1. The van der Waals surface area contributed by atoms with Gasteiger partial charge in [-0.05, 0) is 19.9 Å². The molecule has 0 aliphatic rings. The largest absolute Gasteiger partial charge is 0.466 e. The molecule has 2 amide bonds. The van der Waals surface area contributed by atoms with Crippen molar-refractivity contribution in [3.8, 4) is 0 Å². The van der Waals surface area contributed by atoms with Crippen LogP contribution in [0, 0.1) is 13.8 Å². The van der Waals surface area contributed by atoms with Crippen LogP contribution in [0.2, 0.25) is 0 Å². The second kappa shape index (κ2) is 4.63. The molecule has 0 aliphatic heterocycles. The third kappa shape index (κ3) is 2.83. The fourth-order valence-electron chi connectivity index (χ4n) is 1.23. The van der Waals surface area contributed by atoms with Crippen LogP contribution in [0.5, 0.6) is 0 Å². The summed E-state index contributed by atoms with van der Waals surface area (Å²) in [6, 6.07) is 1.83. The number of rotatable bonds is 2. The van der Waals surface area contributed by atoms with Gasteiger partial charge in [0, 0.05) is 19.2 Å². The van der Waals surface area contributed by atoms with Crippen molar-refractivity contribution in [1.29, 1.82) is 0 Å². The van der Waals surface area contributed by atoms with Gasteiger partial charge in [-0.15, -0.1) is 0 Å². The lowest BCUT2D eigenvalue weighted by atomic mass is 10.2. The van der Waals surface area contributed by atoms with E-state index >= 15 is 0 Å². The van der Waals surface area contributed by atoms with Crippen LogP contribution in [0.3, 0.4) is 0 Å². The van der Waals surface area contributed by atoms with Crippen molar-refractivity contribution in [2.75, 3.05) is 7.05 Å². The van der Waals surface area contributed by atoms with E-state index in [1.807, 2.05) is 19.9 Å². The Morgan fingerprint density at radius 2 is 2.00 bits per heavy atom. The van der Waals surface area contributed by atoms with Crippen molar-refractivity contribution in [2.45, 2.75) is 20.4 Å². The highest BCUT2D eigenvalue weighted by Crippen LogP contribution is 2.12. The Balaban J connectivity index is 2.54. The number of hydrogen-bond acceptors (Lipinski definition) is 3. The van der Waals surface area contributed by atoms with Crippen LogP contribution in [-0.4, -0.2) is 18.9 Å². The van der Waals surface area contributed by atoms with Crippen LogP contribution in [0.15, 0.2) is 10.5 Å². The molecule has 5 heteroatoms. The summed E-state index contributed by atoms with van der Waals surface area (Å²) < 4.78 is 5.28. The third-order valence-electron chi connectivity index (χ3n) is 2.02. The minimum atomic E-state index is -0.645. The van der Waals surface area contributed by atoms with Crippen molar-refractivity contribution in [2.24, 2.45) is 0 Å². The van der Waals surface area contributed by atoms with Crippen molar-refractivity contribution in [3.63, 3.8) is 0 Å². The lowest BCUT2D eigenvalue weighted by Gasteiger charge is -2.02. The number of hydrogen-bond donors (Lipinski definition) is 2. The molecule has 0 aliphatic carbocycles. The molecule has 1 rings (SSSR count). The Bertz CT molecular complexity index is 382. The van der Waals surface area contributed by atoms with Gasteiger partial charge < -0.3 is 15.1 Å². The second-order valence-electron chi connectivity index (χ2n) is 3.20. The number of carbonyl (C=O) groups excluding carboxylic acids is 2. The first-order valence-corrected chi connectivity index (χ1v) is 4.60. The summed E-state index contributed by atoms with van der Waals surface area (Å²) in [5.74, 6) is 0.255. The SMILES string of the molecule is CNC(=O)C(=O)NCc1cc(C)oc1C. The first-order valence-electron chi connectivity index (χ1n) is 4.60. The van der Waals surface area contributed by atoms with Gasteiger partial charge in [0.1, 0.15) is 11.5 Å². The van der Waals surface area contributed by atoms with Crippen LogP contribution in [-0.2, 0) is 16.1 Å². The highest BCUT2D eigenvalue weighted by Gasteiger charge is 2.12. The number of furan rings is 1. The van der Waals surface area contributed by atoms with E-state index in [4.69, 9.17) is 4.42 Å². The summed E-state index contributed by atoms with van der Waals surface area (Å²) >= 11 is 0. The van der Waals surface area contributed by atoms with Gasteiger partial charge in [0.15, 0.2) is 0 Å². The lowest BCUT2D eigenvalue weighted by Crippen LogP contribution is -2.37. The van der Waals surface area contributed by atoms with Crippen LogP contribution >= 0.6 is 0 Å². The number of carbonyl (C=O) groups is 2. The molecule has 0 unspecified atom stereocenters. The Labute approximate surface area is 87.8 Å². The van der Waals surface area contributed by atoms with Gasteiger partial charge >= 0.3 is 11.8 Å². The van der Waals surface area contributed by atoms with Gasteiger partial charge in [-0.1, -0.05) is 0 Å².